The SMILES string of the molecule is Cc1cc2c(c(=O)n1CC(=O)OC(C)(C)C)NC(=O)C(Cc1ccccc1)N2. The molecule has 1 aliphatic heterocycles. The molecular weight excluding hydrogens is 358 g/mol. The second-order valence-electron chi connectivity index (χ2n) is 7.93. The van der Waals surface area contributed by atoms with Crippen molar-refractivity contribution in [1.82, 2.24) is 4.57 Å². The van der Waals surface area contributed by atoms with E-state index in [2.05, 4.69) is 10.6 Å². The Balaban J connectivity index is 1.84. The Morgan fingerprint density at radius 2 is 1.86 bits per heavy atom. The first-order valence-corrected chi connectivity index (χ1v) is 9.21. The summed E-state index contributed by atoms with van der Waals surface area (Å²) in [4.78, 5) is 37.5. The Hall–Kier alpha value is -3.09. The molecule has 7 nitrogen and oxygen atoms in total. The highest BCUT2D eigenvalue weighted by molar-refractivity contribution is 6.03. The number of hydrogen-bond acceptors (Lipinski definition) is 5. The van der Waals surface area contributed by atoms with Gasteiger partial charge in [0, 0.05) is 12.1 Å². The predicted molar refractivity (Wildman–Crippen MR) is 107 cm³/mol. The van der Waals surface area contributed by atoms with Gasteiger partial charge in [-0.2, -0.15) is 0 Å². The van der Waals surface area contributed by atoms with E-state index < -0.39 is 23.2 Å². The highest BCUT2D eigenvalue weighted by atomic mass is 16.6. The molecule has 0 radical (unpaired) electrons. The van der Waals surface area contributed by atoms with Gasteiger partial charge in [0.05, 0.1) is 5.69 Å². The lowest BCUT2D eigenvalue weighted by molar-refractivity contribution is -0.155. The van der Waals surface area contributed by atoms with Crippen LogP contribution in [-0.4, -0.2) is 28.1 Å². The van der Waals surface area contributed by atoms with Crippen LogP contribution in [0.2, 0.25) is 0 Å². The molecule has 3 rings (SSSR count). The molecule has 0 spiro atoms. The highest BCUT2D eigenvalue weighted by Crippen LogP contribution is 2.25. The molecule has 0 saturated heterocycles. The number of esters is 1. The number of ether oxygens (including phenoxy) is 1. The van der Waals surface area contributed by atoms with Gasteiger partial charge in [-0.1, -0.05) is 30.3 Å². The summed E-state index contributed by atoms with van der Waals surface area (Å²) in [6.45, 7) is 6.84. The van der Waals surface area contributed by atoms with E-state index in [0.29, 0.717) is 17.8 Å². The number of nitrogens with zero attached hydrogens (tertiary/aromatic N) is 1. The molecule has 7 heteroatoms. The molecule has 1 aromatic carbocycles. The van der Waals surface area contributed by atoms with Crippen LogP contribution in [0.15, 0.2) is 41.2 Å². The maximum absolute atomic E-state index is 12.8. The third kappa shape index (κ3) is 4.42. The first-order chi connectivity index (χ1) is 13.1. The molecule has 0 bridgehead atoms. The van der Waals surface area contributed by atoms with Crippen LogP contribution in [0.25, 0.3) is 0 Å². The molecule has 0 aliphatic carbocycles. The second-order valence-corrected chi connectivity index (χ2v) is 7.93. The largest absolute Gasteiger partial charge is 0.459 e. The minimum atomic E-state index is -0.636. The van der Waals surface area contributed by atoms with Crippen molar-refractivity contribution in [3.05, 3.63) is 58.0 Å². The van der Waals surface area contributed by atoms with Gasteiger partial charge in [0.2, 0.25) is 5.91 Å². The van der Waals surface area contributed by atoms with E-state index in [-0.39, 0.29) is 18.1 Å². The van der Waals surface area contributed by atoms with Crippen LogP contribution in [-0.2, 0) is 27.3 Å². The Morgan fingerprint density at radius 3 is 2.50 bits per heavy atom. The van der Waals surface area contributed by atoms with Gasteiger partial charge in [0.1, 0.15) is 23.9 Å². The average Bonchev–Trinajstić information content (AvgIpc) is 2.60. The number of carbonyl (C=O) groups excluding carboxylic acids is 2. The molecule has 1 unspecified atom stereocenters. The Bertz CT molecular complexity index is 958. The first-order valence-electron chi connectivity index (χ1n) is 9.21. The van der Waals surface area contributed by atoms with Gasteiger partial charge in [-0.05, 0) is 39.3 Å². The molecule has 148 valence electrons. The summed E-state index contributed by atoms with van der Waals surface area (Å²) in [5.74, 6) is -0.782. The fraction of sp³-hybridized carbons (Fsp3) is 0.381. The maximum atomic E-state index is 12.8. The molecule has 1 aliphatic rings. The molecular formula is C21H25N3O4. The monoisotopic (exact) mass is 383 g/mol. The lowest BCUT2D eigenvalue weighted by Crippen LogP contribution is -2.44. The smallest absolute Gasteiger partial charge is 0.326 e. The van der Waals surface area contributed by atoms with Gasteiger partial charge >= 0.3 is 5.97 Å². The third-order valence-corrected chi connectivity index (χ3v) is 4.39. The number of anilines is 2. The minimum absolute atomic E-state index is 0.156. The molecule has 2 heterocycles. The van der Waals surface area contributed by atoms with E-state index in [1.165, 1.54) is 4.57 Å². The lowest BCUT2D eigenvalue weighted by Gasteiger charge is -2.28. The Kier molecular flexibility index (Phi) is 5.27. The number of carbonyl (C=O) groups is 2. The zero-order valence-electron chi connectivity index (χ0n) is 16.5. The third-order valence-electron chi connectivity index (χ3n) is 4.39. The highest BCUT2D eigenvalue weighted by Gasteiger charge is 2.29. The number of rotatable bonds is 4. The van der Waals surface area contributed by atoms with Gasteiger partial charge in [-0.3, -0.25) is 19.0 Å². The maximum Gasteiger partial charge on any atom is 0.326 e. The zero-order chi connectivity index (χ0) is 20.5. The summed E-state index contributed by atoms with van der Waals surface area (Å²) in [6.07, 6.45) is 0.506. The van der Waals surface area contributed by atoms with Crippen LogP contribution in [0.5, 0.6) is 0 Å². The predicted octanol–water partition coefficient (Wildman–Crippen LogP) is 2.47. The first kappa shape index (κ1) is 19.7. The van der Waals surface area contributed by atoms with Crippen LogP contribution in [0.1, 0.15) is 32.0 Å². The summed E-state index contributed by atoms with van der Waals surface area (Å²) in [5.41, 5.74) is 1.28. The van der Waals surface area contributed by atoms with Crippen molar-refractivity contribution in [2.24, 2.45) is 0 Å². The summed E-state index contributed by atoms with van der Waals surface area (Å²) >= 11 is 0. The molecule has 1 atom stereocenters. The molecule has 0 fully saturated rings. The summed E-state index contributed by atoms with van der Waals surface area (Å²) in [6, 6.07) is 11.0. The fourth-order valence-corrected chi connectivity index (χ4v) is 3.16. The van der Waals surface area contributed by atoms with E-state index >= 15 is 0 Å². The van der Waals surface area contributed by atoms with E-state index in [1.807, 2.05) is 30.3 Å². The van der Waals surface area contributed by atoms with Gasteiger partial charge in [0.15, 0.2) is 0 Å². The van der Waals surface area contributed by atoms with Crippen LogP contribution in [0.3, 0.4) is 0 Å². The second kappa shape index (κ2) is 7.50. The van der Waals surface area contributed by atoms with Crippen molar-refractivity contribution in [2.75, 3.05) is 10.6 Å². The van der Waals surface area contributed by atoms with E-state index in [0.717, 1.165) is 5.56 Å². The van der Waals surface area contributed by atoms with Crippen LogP contribution >= 0.6 is 0 Å². The van der Waals surface area contributed by atoms with E-state index in [4.69, 9.17) is 4.74 Å². The summed E-state index contributed by atoms with van der Waals surface area (Å²) in [5, 5.41) is 5.85. The van der Waals surface area contributed by atoms with Gasteiger partial charge in [-0.25, -0.2) is 0 Å². The standard InChI is InChI=1S/C21H25N3O4/c1-13-10-15-18(20(27)24(13)12-17(25)28-21(2,3)4)23-19(26)16(22-15)11-14-8-6-5-7-9-14/h5-10,16,22H,11-12H2,1-4H3,(H,23,26). The normalized spacial score (nSPS) is 16.0. The lowest BCUT2D eigenvalue weighted by atomic mass is 10.0. The topological polar surface area (TPSA) is 89.4 Å². The van der Waals surface area contributed by atoms with Crippen molar-refractivity contribution < 1.29 is 14.3 Å². The van der Waals surface area contributed by atoms with E-state index in [1.54, 1.807) is 33.8 Å². The summed E-state index contributed by atoms with van der Waals surface area (Å²) in [7, 11) is 0. The Labute approximate surface area is 163 Å². The van der Waals surface area contributed by atoms with Crippen molar-refractivity contribution in [2.45, 2.75) is 52.3 Å². The van der Waals surface area contributed by atoms with Crippen molar-refractivity contribution in [3.63, 3.8) is 0 Å². The molecule has 28 heavy (non-hydrogen) atoms. The molecule has 0 saturated carbocycles. The number of fused-ring (bicyclic) bond motifs is 1. The quantitative estimate of drug-likeness (QED) is 0.792. The zero-order valence-corrected chi connectivity index (χ0v) is 16.5. The van der Waals surface area contributed by atoms with Crippen molar-refractivity contribution >= 4 is 23.3 Å². The number of aryl methyl sites for hydroxylation is 1. The molecule has 2 N–H and O–H groups in total. The number of hydrogen-bond donors (Lipinski definition) is 2. The van der Waals surface area contributed by atoms with Gasteiger partial charge < -0.3 is 15.4 Å². The number of pyridine rings is 1. The molecule has 1 amide bonds. The molecule has 2 aromatic rings. The Morgan fingerprint density at radius 1 is 1.18 bits per heavy atom. The summed E-state index contributed by atoms with van der Waals surface area (Å²) < 4.78 is 6.61. The van der Waals surface area contributed by atoms with Crippen LogP contribution in [0, 0.1) is 6.92 Å². The van der Waals surface area contributed by atoms with E-state index in [9.17, 15) is 14.4 Å². The van der Waals surface area contributed by atoms with Crippen LogP contribution < -0.4 is 16.2 Å². The van der Waals surface area contributed by atoms with Crippen LogP contribution in [0.4, 0.5) is 11.4 Å². The number of amides is 1. The molecule has 1 aromatic heterocycles. The number of benzene rings is 1. The fourth-order valence-electron chi connectivity index (χ4n) is 3.16. The minimum Gasteiger partial charge on any atom is -0.459 e. The average molecular weight is 383 g/mol. The van der Waals surface area contributed by atoms with Gasteiger partial charge in [0.25, 0.3) is 5.56 Å². The van der Waals surface area contributed by atoms with Crippen molar-refractivity contribution in [3.8, 4) is 0 Å². The number of aromatic nitrogens is 1. The van der Waals surface area contributed by atoms with Gasteiger partial charge in [-0.15, -0.1) is 0 Å². The number of nitrogens with one attached hydrogen (secondary N) is 2. The van der Waals surface area contributed by atoms with Crippen molar-refractivity contribution in [1.29, 1.82) is 0 Å².